The summed E-state index contributed by atoms with van der Waals surface area (Å²) in [6.45, 7) is 5.60. The first-order valence-electron chi connectivity index (χ1n) is 5.90. The highest BCUT2D eigenvalue weighted by molar-refractivity contribution is 7.13. The highest BCUT2D eigenvalue weighted by Crippen LogP contribution is 2.24. The van der Waals surface area contributed by atoms with Gasteiger partial charge in [-0.3, -0.25) is 0 Å². The summed E-state index contributed by atoms with van der Waals surface area (Å²) >= 11 is 1.75. The maximum atomic E-state index is 4.45. The quantitative estimate of drug-likeness (QED) is 0.763. The highest BCUT2D eigenvalue weighted by atomic mass is 32.1. The molecule has 0 aliphatic carbocycles. The molecule has 0 saturated heterocycles. The Labute approximate surface area is 101 Å². The molecule has 0 fully saturated rings. The van der Waals surface area contributed by atoms with Crippen LogP contribution < -0.4 is 0 Å². The van der Waals surface area contributed by atoms with Crippen LogP contribution in [-0.4, -0.2) is 9.55 Å². The van der Waals surface area contributed by atoms with E-state index >= 15 is 0 Å². The molecule has 0 aromatic carbocycles. The zero-order valence-electron chi connectivity index (χ0n) is 9.89. The van der Waals surface area contributed by atoms with E-state index in [9.17, 15) is 0 Å². The SMILES string of the molecule is CCC(CC)Cn1ccnc1-c1cccs1. The van der Waals surface area contributed by atoms with Gasteiger partial charge in [-0.1, -0.05) is 32.8 Å². The minimum atomic E-state index is 0.757. The third kappa shape index (κ3) is 2.35. The molecular weight excluding hydrogens is 216 g/mol. The number of rotatable bonds is 5. The van der Waals surface area contributed by atoms with Crippen molar-refractivity contribution in [2.24, 2.45) is 5.92 Å². The largest absolute Gasteiger partial charge is 0.330 e. The zero-order chi connectivity index (χ0) is 11.4. The Balaban J connectivity index is 2.19. The highest BCUT2D eigenvalue weighted by Gasteiger charge is 2.10. The van der Waals surface area contributed by atoms with Gasteiger partial charge in [0.05, 0.1) is 4.88 Å². The Bertz CT molecular complexity index is 413. The summed E-state index contributed by atoms with van der Waals surface area (Å²) in [7, 11) is 0. The molecule has 3 heteroatoms. The predicted octanol–water partition coefficient (Wildman–Crippen LogP) is 4.05. The third-order valence-electron chi connectivity index (χ3n) is 3.07. The average Bonchev–Trinajstić information content (AvgIpc) is 2.95. The van der Waals surface area contributed by atoms with Crippen LogP contribution in [0.2, 0.25) is 0 Å². The van der Waals surface area contributed by atoms with Gasteiger partial charge < -0.3 is 4.57 Å². The van der Waals surface area contributed by atoms with Crippen LogP contribution in [0, 0.1) is 5.92 Å². The molecule has 0 aliphatic rings. The number of imidazole rings is 1. The maximum Gasteiger partial charge on any atom is 0.149 e. The molecule has 0 bridgehead atoms. The van der Waals surface area contributed by atoms with Crippen molar-refractivity contribution in [1.29, 1.82) is 0 Å². The fourth-order valence-corrected chi connectivity index (χ4v) is 2.65. The summed E-state index contributed by atoms with van der Waals surface area (Å²) in [5.41, 5.74) is 0. The molecule has 0 amide bonds. The van der Waals surface area contributed by atoms with Gasteiger partial charge in [0, 0.05) is 18.9 Å². The molecule has 0 atom stereocenters. The summed E-state index contributed by atoms with van der Waals surface area (Å²) in [6, 6.07) is 4.21. The molecule has 2 aromatic rings. The minimum absolute atomic E-state index is 0.757. The first-order valence-corrected chi connectivity index (χ1v) is 6.78. The number of aromatic nitrogens is 2. The Hall–Kier alpha value is -1.09. The van der Waals surface area contributed by atoms with Crippen LogP contribution in [0.5, 0.6) is 0 Å². The molecule has 0 radical (unpaired) electrons. The Morgan fingerprint density at radius 2 is 2.19 bits per heavy atom. The molecule has 86 valence electrons. The third-order valence-corrected chi connectivity index (χ3v) is 3.93. The molecule has 0 aliphatic heterocycles. The van der Waals surface area contributed by atoms with E-state index in [4.69, 9.17) is 0 Å². The van der Waals surface area contributed by atoms with Gasteiger partial charge in [0.15, 0.2) is 0 Å². The molecule has 2 aromatic heterocycles. The van der Waals surface area contributed by atoms with E-state index in [0.29, 0.717) is 0 Å². The second kappa shape index (κ2) is 5.30. The lowest BCUT2D eigenvalue weighted by molar-refractivity contribution is 0.421. The van der Waals surface area contributed by atoms with Gasteiger partial charge in [-0.05, 0) is 17.4 Å². The standard InChI is InChI=1S/C13H18N2S/c1-3-11(4-2)10-15-8-7-14-13(15)12-6-5-9-16-12/h5-9,11H,3-4,10H2,1-2H3. The fourth-order valence-electron chi connectivity index (χ4n) is 1.91. The molecule has 0 unspecified atom stereocenters. The van der Waals surface area contributed by atoms with E-state index in [1.165, 1.54) is 17.7 Å². The lowest BCUT2D eigenvalue weighted by Crippen LogP contribution is -2.09. The fraction of sp³-hybridized carbons (Fsp3) is 0.462. The van der Waals surface area contributed by atoms with Crippen LogP contribution in [0.3, 0.4) is 0 Å². The second-order valence-corrected chi connectivity index (χ2v) is 5.01. The van der Waals surface area contributed by atoms with Gasteiger partial charge in [-0.25, -0.2) is 4.98 Å². The van der Waals surface area contributed by atoms with Crippen molar-refractivity contribution in [1.82, 2.24) is 9.55 Å². The van der Waals surface area contributed by atoms with Crippen molar-refractivity contribution in [2.75, 3.05) is 0 Å². The van der Waals surface area contributed by atoms with Crippen molar-refractivity contribution in [2.45, 2.75) is 33.2 Å². The van der Waals surface area contributed by atoms with Crippen molar-refractivity contribution in [3.63, 3.8) is 0 Å². The van der Waals surface area contributed by atoms with Gasteiger partial charge in [0.2, 0.25) is 0 Å². The van der Waals surface area contributed by atoms with Crippen LogP contribution in [0.4, 0.5) is 0 Å². The lowest BCUT2D eigenvalue weighted by atomic mass is 10.0. The number of hydrogen-bond donors (Lipinski definition) is 0. The van der Waals surface area contributed by atoms with Gasteiger partial charge in [0.1, 0.15) is 5.82 Å². The molecule has 2 heterocycles. The van der Waals surface area contributed by atoms with Crippen LogP contribution in [0.25, 0.3) is 10.7 Å². The molecule has 0 saturated carbocycles. The summed E-state index contributed by atoms with van der Waals surface area (Å²) in [5.74, 6) is 1.87. The van der Waals surface area contributed by atoms with Crippen molar-refractivity contribution in [3.05, 3.63) is 29.9 Å². The summed E-state index contributed by atoms with van der Waals surface area (Å²) in [4.78, 5) is 5.71. The second-order valence-electron chi connectivity index (χ2n) is 4.06. The van der Waals surface area contributed by atoms with Crippen LogP contribution in [0.15, 0.2) is 29.9 Å². The molecule has 2 rings (SSSR count). The summed E-state index contributed by atoms with van der Waals surface area (Å²) in [5, 5.41) is 2.10. The molecule has 2 nitrogen and oxygen atoms in total. The van der Waals surface area contributed by atoms with Crippen LogP contribution in [-0.2, 0) is 6.54 Å². The maximum absolute atomic E-state index is 4.45. The van der Waals surface area contributed by atoms with Gasteiger partial charge in [0.25, 0.3) is 0 Å². The monoisotopic (exact) mass is 234 g/mol. The van der Waals surface area contributed by atoms with E-state index in [0.717, 1.165) is 18.3 Å². The van der Waals surface area contributed by atoms with Crippen LogP contribution >= 0.6 is 11.3 Å². The topological polar surface area (TPSA) is 17.8 Å². The predicted molar refractivity (Wildman–Crippen MR) is 69.6 cm³/mol. The zero-order valence-corrected chi connectivity index (χ0v) is 10.7. The van der Waals surface area contributed by atoms with E-state index in [1.54, 1.807) is 11.3 Å². The Morgan fingerprint density at radius 3 is 2.81 bits per heavy atom. The number of hydrogen-bond acceptors (Lipinski definition) is 2. The molecule has 0 N–H and O–H groups in total. The lowest BCUT2D eigenvalue weighted by Gasteiger charge is -2.14. The van der Waals surface area contributed by atoms with E-state index < -0.39 is 0 Å². The normalized spacial score (nSPS) is 11.2. The van der Waals surface area contributed by atoms with Crippen molar-refractivity contribution < 1.29 is 0 Å². The molecule has 0 spiro atoms. The van der Waals surface area contributed by atoms with E-state index in [-0.39, 0.29) is 0 Å². The molecular formula is C13H18N2S. The summed E-state index contributed by atoms with van der Waals surface area (Å²) < 4.78 is 2.28. The van der Waals surface area contributed by atoms with Crippen molar-refractivity contribution >= 4 is 11.3 Å². The average molecular weight is 234 g/mol. The van der Waals surface area contributed by atoms with E-state index in [2.05, 4.69) is 47.1 Å². The Morgan fingerprint density at radius 1 is 1.38 bits per heavy atom. The first kappa shape index (κ1) is 11.4. The number of thiophene rings is 1. The van der Waals surface area contributed by atoms with E-state index in [1.807, 2.05) is 6.20 Å². The molecule has 16 heavy (non-hydrogen) atoms. The Kier molecular flexibility index (Phi) is 3.78. The first-order chi connectivity index (χ1) is 7.85. The minimum Gasteiger partial charge on any atom is -0.330 e. The smallest absolute Gasteiger partial charge is 0.149 e. The summed E-state index contributed by atoms with van der Waals surface area (Å²) in [6.07, 6.45) is 6.46. The van der Waals surface area contributed by atoms with Crippen LogP contribution in [0.1, 0.15) is 26.7 Å². The van der Waals surface area contributed by atoms with Gasteiger partial charge >= 0.3 is 0 Å². The number of nitrogens with zero attached hydrogens (tertiary/aromatic N) is 2. The van der Waals surface area contributed by atoms with Gasteiger partial charge in [-0.15, -0.1) is 11.3 Å². The van der Waals surface area contributed by atoms with Crippen molar-refractivity contribution in [3.8, 4) is 10.7 Å². The van der Waals surface area contributed by atoms with Gasteiger partial charge in [-0.2, -0.15) is 0 Å².